The molecule has 0 aromatic carbocycles. The molecule has 0 saturated carbocycles. The summed E-state index contributed by atoms with van der Waals surface area (Å²) in [6.07, 6.45) is 0. The van der Waals surface area contributed by atoms with Crippen LogP contribution in [0.5, 0.6) is 10.8 Å². The highest BCUT2D eigenvalue weighted by molar-refractivity contribution is 7.18. The van der Waals surface area contributed by atoms with E-state index < -0.39 is 0 Å². The summed E-state index contributed by atoms with van der Waals surface area (Å²) in [6.45, 7) is 6.13. The molecule has 0 unspecified atom stereocenters. The zero-order valence-electron chi connectivity index (χ0n) is 8.37. The number of anilines is 1. The molecular weight excluding hydrogens is 202 g/mol. The van der Waals surface area contributed by atoms with Crippen molar-refractivity contribution in [3.8, 4) is 10.8 Å². The Labute approximate surface area is 86.6 Å². The average molecular weight is 215 g/mol. The molecule has 0 aliphatic heterocycles. The number of rotatable bonds is 3. The van der Waals surface area contributed by atoms with Gasteiger partial charge in [0, 0.05) is 6.07 Å². The predicted octanol–water partition coefficient (Wildman–Crippen LogP) is 2.04. The Hall–Kier alpha value is -1.23. The molecule has 4 nitrogen and oxygen atoms in total. The molecule has 0 amide bonds. The van der Waals surface area contributed by atoms with Gasteiger partial charge in [0.15, 0.2) is 10.8 Å². The van der Waals surface area contributed by atoms with E-state index in [0.29, 0.717) is 22.3 Å². The maximum Gasteiger partial charge on any atom is 0.299 e. The molecule has 0 saturated heterocycles. The fourth-order valence-electron chi connectivity index (χ4n) is 0.881. The van der Waals surface area contributed by atoms with Gasteiger partial charge in [-0.15, -0.1) is 0 Å². The first kappa shape index (κ1) is 10.8. The lowest BCUT2D eigenvalue weighted by molar-refractivity contribution is -0.120. The largest absolute Gasteiger partial charge is 0.485 e. The Morgan fingerprint density at radius 1 is 1.50 bits per heavy atom. The summed E-state index contributed by atoms with van der Waals surface area (Å²) in [5.41, 5.74) is 5.36. The van der Waals surface area contributed by atoms with E-state index in [-0.39, 0.29) is 5.60 Å². The van der Waals surface area contributed by atoms with Crippen molar-refractivity contribution in [3.63, 3.8) is 0 Å². The number of thiophene rings is 1. The van der Waals surface area contributed by atoms with Crippen LogP contribution in [0.4, 0.5) is 5.00 Å². The minimum Gasteiger partial charge on any atom is -0.485 e. The number of nitrogen functional groups attached to an aromatic ring is 1. The molecule has 2 N–H and O–H groups in total. The molecule has 0 bridgehead atoms. The summed E-state index contributed by atoms with van der Waals surface area (Å²) in [7, 11) is 0. The van der Waals surface area contributed by atoms with E-state index in [2.05, 4.69) is 4.74 Å². The number of hydrogen-bond acceptors (Lipinski definition) is 5. The number of hydrogen-bond donors (Lipinski definition) is 1. The standard InChI is InChI=1S/C9H13NO3S/c1-9(2,3)13-6-4-7(12-5-11)14-8(6)10/h4-5H,10H2,1-3H3. The minimum atomic E-state index is -0.312. The first-order chi connectivity index (χ1) is 6.42. The number of nitrogens with two attached hydrogens (primary N) is 1. The van der Waals surface area contributed by atoms with Crippen molar-refractivity contribution in [1.82, 2.24) is 0 Å². The van der Waals surface area contributed by atoms with E-state index in [1.807, 2.05) is 20.8 Å². The summed E-state index contributed by atoms with van der Waals surface area (Å²) in [4.78, 5) is 10.1. The van der Waals surface area contributed by atoms with Crippen LogP contribution in [0.2, 0.25) is 0 Å². The van der Waals surface area contributed by atoms with Gasteiger partial charge in [-0.2, -0.15) is 0 Å². The highest BCUT2D eigenvalue weighted by atomic mass is 32.1. The van der Waals surface area contributed by atoms with E-state index in [9.17, 15) is 4.79 Å². The molecule has 0 atom stereocenters. The topological polar surface area (TPSA) is 61.5 Å². The Morgan fingerprint density at radius 2 is 2.14 bits per heavy atom. The van der Waals surface area contributed by atoms with Gasteiger partial charge in [0.2, 0.25) is 0 Å². The maximum atomic E-state index is 10.1. The third-order valence-corrected chi connectivity index (χ3v) is 2.12. The van der Waals surface area contributed by atoms with Crippen LogP contribution in [-0.2, 0) is 4.79 Å². The third kappa shape index (κ3) is 2.92. The Kier molecular flexibility index (Phi) is 3.00. The van der Waals surface area contributed by atoms with E-state index >= 15 is 0 Å². The molecule has 78 valence electrons. The average Bonchev–Trinajstić information content (AvgIpc) is 2.29. The molecule has 0 fully saturated rings. The summed E-state index contributed by atoms with van der Waals surface area (Å²) in [5, 5.41) is 0.952. The molecule has 0 aliphatic carbocycles. The number of carbonyl (C=O) groups excluding carboxylic acids is 1. The molecular formula is C9H13NO3S. The van der Waals surface area contributed by atoms with Crippen molar-refractivity contribution in [2.45, 2.75) is 26.4 Å². The van der Waals surface area contributed by atoms with E-state index in [1.54, 1.807) is 6.07 Å². The van der Waals surface area contributed by atoms with E-state index in [1.165, 1.54) is 11.3 Å². The predicted molar refractivity (Wildman–Crippen MR) is 55.8 cm³/mol. The highest BCUT2D eigenvalue weighted by Gasteiger charge is 2.16. The smallest absolute Gasteiger partial charge is 0.299 e. The van der Waals surface area contributed by atoms with Crippen molar-refractivity contribution >= 4 is 22.8 Å². The van der Waals surface area contributed by atoms with Crippen molar-refractivity contribution in [3.05, 3.63) is 6.07 Å². The second-order valence-electron chi connectivity index (χ2n) is 3.72. The second-order valence-corrected chi connectivity index (χ2v) is 4.77. The lowest BCUT2D eigenvalue weighted by Crippen LogP contribution is -2.23. The van der Waals surface area contributed by atoms with Gasteiger partial charge in [-0.25, -0.2) is 0 Å². The Bertz CT molecular complexity index is 327. The fourth-order valence-corrected chi connectivity index (χ4v) is 1.55. The number of ether oxygens (including phenoxy) is 2. The third-order valence-electron chi connectivity index (χ3n) is 1.28. The van der Waals surface area contributed by atoms with Crippen LogP contribution < -0.4 is 15.2 Å². The zero-order chi connectivity index (χ0) is 10.8. The van der Waals surface area contributed by atoms with Crippen molar-refractivity contribution in [2.75, 3.05) is 5.73 Å². The second kappa shape index (κ2) is 3.88. The summed E-state index contributed by atoms with van der Waals surface area (Å²) < 4.78 is 10.2. The Morgan fingerprint density at radius 3 is 2.64 bits per heavy atom. The van der Waals surface area contributed by atoms with Crippen molar-refractivity contribution in [1.29, 1.82) is 0 Å². The normalized spacial score (nSPS) is 11.1. The van der Waals surface area contributed by atoms with Gasteiger partial charge in [0.05, 0.1) is 0 Å². The molecule has 0 aliphatic rings. The van der Waals surface area contributed by atoms with Gasteiger partial charge >= 0.3 is 0 Å². The summed E-state index contributed by atoms with van der Waals surface area (Å²) in [6, 6.07) is 1.61. The molecule has 1 rings (SSSR count). The van der Waals surface area contributed by atoms with Crippen LogP contribution in [0.15, 0.2) is 6.07 Å². The molecule has 1 heterocycles. The van der Waals surface area contributed by atoms with Crippen molar-refractivity contribution in [2.24, 2.45) is 0 Å². The van der Waals surface area contributed by atoms with Gasteiger partial charge in [0.25, 0.3) is 6.47 Å². The lowest BCUT2D eigenvalue weighted by Gasteiger charge is -2.20. The summed E-state index contributed by atoms with van der Waals surface area (Å²) >= 11 is 1.18. The SMILES string of the molecule is CC(C)(C)Oc1cc(OC=O)sc1N. The van der Waals surface area contributed by atoms with Crippen LogP contribution >= 0.6 is 11.3 Å². The van der Waals surface area contributed by atoms with Crippen LogP contribution in [0.1, 0.15) is 20.8 Å². The van der Waals surface area contributed by atoms with E-state index in [4.69, 9.17) is 10.5 Å². The first-order valence-corrected chi connectivity index (χ1v) is 4.92. The molecule has 14 heavy (non-hydrogen) atoms. The zero-order valence-corrected chi connectivity index (χ0v) is 9.18. The molecule has 0 radical (unpaired) electrons. The molecule has 0 spiro atoms. The molecule has 1 aromatic rings. The Balaban J connectivity index is 2.82. The van der Waals surface area contributed by atoms with Crippen LogP contribution in [0, 0.1) is 0 Å². The highest BCUT2D eigenvalue weighted by Crippen LogP contribution is 2.38. The van der Waals surface area contributed by atoms with Crippen LogP contribution in [0.25, 0.3) is 0 Å². The van der Waals surface area contributed by atoms with Gasteiger partial charge in [-0.05, 0) is 20.8 Å². The molecule has 1 aromatic heterocycles. The minimum absolute atomic E-state index is 0.312. The lowest BCUT2D eigenvalue weighted by atomic mass is 10.2. The summed E-state index contributed by atoms with van der Waals surface area (Å²) in [5.74, 6) is 0.555. The van der Waals surface area contributed by atoms with E-state index in [0.717, 1.165) is 0 Å². The van der Waals surface area contributed by atoms with Gasteiger partial charge < -0.3 is 15.2 Å². The monoisotopic (exact) mass is 215 g/mol. The first-order valence-electron chi connectivity index (χ1n) is 4.11. The van der Waals surface area contributed by atoms with Gasteiger partial charge in [0.1, 0.15) is 10.6 Å². The van der Waals surface area contributed by atoms with Crippen molar-refractivity contribution < 1.29 is 14.3 Å². The quantitative estimate of drug-likeness (QED) is 0.784. The molecule has 5 heteroatoms. The van der Waals surface area contributed by atoms with Crippen LogP contribution in [0.3, 0.4) is 0 Å². The van der Waals surface area contributed by atoms with Gasteiger partial charge in [-0.3, -0.25) is 4.79 Å². The van der Waals surface area contributed by atoms with Crippen LogP contribution in [-0.4, -0.2) is 12.1 Å². The number of carbonyl (C=O) groups is 1. The fraction of sp³-hybridized carbons (Fsp3) is 0.444. The van der Waals surface area contributed by atoms with Gasteiger partial charge in [-0.1, -0.05) is 11.3 Å². The maximum absolute atomic E-state index is 10.1.